The fourth-order valence-corrected chi connectivity index (χ4v) is 2.59. The molecule has 0 spiro atoms. The highest BCUT2D eigenvalue weighted by molar-refractivity contribution is 7.98. The number of nitro groups is 1. The first kappa shape index (κ1) is 18.6. The molecule has 0 radical (unpaired) electrons. The molecule has 0 bridgehead atoms. The Morgan fingerprint density at radius 2 is 1.92 bits per heavy atom. The fraction of sp³-hybridized carbons (Fsp3) is 0.235. The number of hydrogen-bond donors (Lipinski definition) is 1. The van der Waals surface area contributed by atoms with Gasteiger partial charge in [-0.15, -0.1) is 11.8 Å². The van der Waals surface area contributed by atoms with Crippen molar-refractivity contribution < 1.29 is 19.2 Å². The summed E-state index contributed by atoms with van der Waals surface area (Å²) in [4.78, 5) is 24.3. The second kappa shape index (κ2) is 8.39. The topological polar surface area (TPSA) is 90.7 Å². The number of carbonyl (C=O) groups is 1. The summed E-state index contributed by atoms with van der Waals surface area (Å²) in [5, 5.41) is 14.0. The summed E-state index contributed by atoms with van der Waals surface area (Å²) in [6.07, 6.45) is 1.95. The molecule has 0 aliphatic carbocycles. The molecule has 2 aromatic carbocycles. The Balaban J connectivity index is 2.38. The lowest BCUT2D eigenvalue weighted by molar-refractivity contribution is -0.385. The molecule has 0 saturated carbocycles. The van der Waals surface area contributed by atoms with E-state index in [-0.39, 0.29) is 22.7 Å². The zero-order chi connectivity index (χ0) is 18.4. The molecule has 132 valence electrons. The van der Waals surface area contributed by atoms with Gasteiger partial charge in [-0.1, -0.05) is 0 Å². The van der Waals surface area contributed by atoms with E-state index in [1.165, 1.54) is 19.2 Å². The molecule has 8 heteroatoms. The minimum atomic E-state index is -0.621. The highest BCUT2D eigenvalue weighted by Gasteiger charge is 2.24. The van der Waals surface area contributed by atoms with Crippen LogP contribution in [0.1, 0.15) is 17.3 Å². The summed E-state index contributed by atoms with van der Waals surface area (Å²) in [6, 6.07) is 9.70. The molecule has 2 rings (SSSR count). The van der Waals surface area contributed by atoms with E-state index < -0.39 is 10.8 Å². The van der Waals surface area contributed by atoms with Gasteiger partial charge < -0.3 is 14.8 Å². The Labute approximate surface area is 149 Å². The molecular weight excluding hydrogens is 344 g/mol. The van der Waals surface area contributed by atoms with Crippen molar-refractivity contribution in [1.29, 1.82) is 0 Å². The van der Waals surface area contributed by atoms with E-state index in [9.17, 15) is 14.9 Å². The third-order valence-corrected chi connectivity index (χ3v) is 4.11. The van der Waals surface area contributed by atoms with Gasteiger partial charge in [0.2, 0.25) is 0 Å². The molecular formula is C17H18N2O5S. The number of amides is 1. The standard InChI is InChI=1S/C17H18N2O5S/c1-4-24-16-9-13(14(19(21)22)10-15(16)23-2)17(20)18-11-5-7-12(25-3)8-6-11/h5-10H,4H2,1-3H3,(H,18,20). The Morgan fingerprint density at radius 1 is 1.24 bits per heavy atom. The van der Waals surface area contributed by atoms with Gasteiger partial charge >= 0.3 is 0 Å². The van der Waals surface area contributed by atoms with Gasteiger partial charge in [0.1, 0.15) is 5.56 Å². The average molecular weight is 362 g/mol. The molecule has 1 N–H and O–H groups in total. The third kappa shape index (κ3) is 4.42. The lowest BCUT2D eigenvalue weighted by Crippen LogP contribution is -2.14. The van der Waals surface area contributed by atoms with E-state index in [2.05, 4.69) is 5.32 Å². The van der Waals surface area contributed by atoms with E-state index in [1.54, 1.807) is 30.8 Å². The Hall–Kier alpha value is -2.74. The number of thioether (sulfide) groups is 1. The van der Waals surface area contributed by atoms with Gasteiger partial charge in [0, 0.05) is 16.6 Å². The Morgan fingerprint density at radius 3 is 2.44 bits per heavy atom. The van der Waals surface area contributed by atoms with Gasteiger partial charge in [-0.05, 0) is 37.4 Å². The number of hydrogen-bond acceptors (Lipinski definition) is 6. The molecule has 0 aromatic heterocycles. The summed E-state index contributed by atoms with van der Waals surface area (Å²) < 4.78 is 10.5. The third-order valence-electron chi connectivity index (χ3n) is 3.37. The largest absolute Gasteiger partial charge is 0.493 e. The van der Waals surface area contributed by atoms with E-state index in [0.29, 0.717) is 12.3 Å². The number of benzene rings is 2. The van der Waals surface area contributed by atoms with Crippen molar-refractivity contribution in [3.05, 3.63) is 52.1 Å². The molecule has 0 aliphatic heterocycles. The molecule has 0 aliphatic rings. The lowest BCUT2D eigenvalue weighted by Gasteiger charge is -2.12. The van der Waals surface area contributed by atoms with E-state index in [0.717, 1.165) is 4.90 Å². The monoisotopic (exact) mass is 362 g/mol. The maximum absolute atomic E-state index is 12.5. The quantitative estimate of drug-likeness (QED) is 0.455. The molecule has 1 amide bonds. The van der Waals surface area contributed by atoms with Crippen LogP contribution in [0.3, 0.4) is 0 Å². The normalized spacial score (nSPS) is 10.2. The van der Waals surface area contributed by atoms with Crippen LogP contribution in [0.25, 0.3) is 0 Å². The first-order chi connectivity index (χ1) is 12.0. The van der Waals surface area contributed by atoms with Crippen LogP contribution in [-0.2, 0) is 0 Å². The van der Waals surface area contributed by atoms with E-state index in [4.69, 9.17) is 9.47 Å². The molecule has 0 unspecified atom stereocenters. The summed E-state index contributed by atoms with van der Waals surface area (Å²) in [5.74, 6) is -0.111. The maximum Gasteiger partial charge on any atom is 0.286 e. The second-order valence-electron chi connectivity index (χ2n) is 4.89. The van der Waals surface area contributed by atoms with Gasteiger partial charge in [0.05, 0.1) is 24.7 Å². The Bertz CT molecular complexity index is 777. The first-order valence-electron chi connectivity index (χ1n) is 7.44. The number of rotatable bonds is 7. The van der Waals surface area contributed by atoms with Crippen LogP contribution in [-0.4, -0.2) is 30.8 Å². The fourth-order valence-electron chi connectivity index (χ4n) is 2.18. The van der Waals surface area contributed by atoms with Crippen LogP contribution in [0.4, 0.5) is 11.4 Å². The summed E-state index contributed by atoms with van der Waals surface area (Å²) >= 11 is 1.58. The van der Waals surface area contributed by atoms with Gasteiger partial charge in [0.15, 0.2) is 11.5 Å². The molecule has 0 saturated heterocycles. The van der Waals surface area contributed by atoms with Crippen molar-refractivity contribution in [2.24, 2.45) is 0 Å². The highest BCUT2D eigenvalue weighted by Crippen LogP contribution is 2.35. The predicted molar refractivity (Wildman–Crippen MR) is 97.0 cm³/mol. The number of methoxy groups -OCH3 is 1. The minimum Gasteiger partial charge on any atom is -0.493 e. The van der Waals surface area contributed by atoms with Crippen molar-refractivity contribution in [1.82, 2.24) is 0 Å². The lowest BCUT2D eigenvalue weighted by atomic mass is 10.1. The molecule has 0 heterocycles. The molecule has 7 nitrogen and oxygen atoms in total. The summed E-state index contributed by atoms with van der Waals surface area (Å²) in [6.45, 7) is 2.11. The van der Waals surface area contributed by atoms with Crippen LogP contribution in [0.5, 0.6) is 11.5 Å². The van der Waals surface area contributed by atoms with Crippen LogP contribution < -0.4 is 14.8 Å². The van der Waals surface area contributed by atoms with Crippen molar-refractivity contribution >= 4 is 29.0 Å². The molecule has 0 fully saturated rings. The van der Waals surface area contributed by atoms with Gasteiger partial charge in [-0.25, -0.2) is 0 Å². The van der Waals surface area contributed by atoms with Crippen molar-refractivity contribution in [2.45, 2.75) is 11.8 Å². The summed E-state index contributed by atoms with van der Waals surface area (Å²) in [7, 11) is 1.38. The number of nitrogens with zero attached hydrogens (tertiary/aromatic N) is 1. The number of nitrogens with one attached hydrogen (secondary N) is 1. The van der Waals surface area contributed by atoms with Crippen LogP contribution >= 0.6 is 11.8 Å². The SMILES string of the molecule is CCOc1cc(C(=O)Nc2ccc(SC)cc2)c([N+](=O)[O-])cc1OC. The average Bonchev–Trinajstić information content (AvgIpc) is 2.62. The predicted octanol–water partition coefficient (Wildman–Crippen LogP) is 3.98. The first-order valence-corrected chi connectivity index (χ1v) is 8.67. The zero-order valence-electron chi connectivity index (χ0n) is 14.1. The Kier molecular flexibility index (Phi) is 6.24. The van der Waals surface area contributed by atoms with Crippen molar-refractivity contribution in [3.63, 3.8) is 0 Å². The molecule has 2 aromatic rings. The zero-order valence-corrected chi connectivity index (χ0v) is 14.9. The van der Waals surface area contributed by atoms with Crippen LogP contribution in [0, 0.1) is 10.1 Å². The van der Waals surface area contributed by atoms with Gasteiger partial charge in [-0.3, -0.25) is 14.9 Å². The number of ether oxygens (including phenoxy) is 2. The van der Waals surface area contributed by atoms with E-state index >= 15 is 0 Å². The second-order valence-corrected chi connectivity index (χ2v) is 5.77. The number of carbonyl (C=O) groups excluding carboxylic acids is 1. The van der Waals surface area contributed by atoms with Crippen molar-refractivity contribution in [3.8, 4) is 11.5 Å². The van der Waals surface area contributed by atoms with Crippen LogP contribution in [0.2, 0.25) is 0 Å². The smallest absolute Gasteiger partial charge is 0.286 e. The van der Waals surface area contributed by atoms with E-state index in [1.807, 2.05) is 18.4 Å². The summed E-state index contributed by atoms with van der Waals surface area (Å²) in [5.41, 5.74) is 0.104. The maximum atomic E-state index is 12.5. The van der Waals surface area contributed by atoms with Gasteiger partial charge in [0.25, 0.3) is 11.6 Å². The van der Waals surface area contributed by atoms with Crippen LogP contribution in [0.15, 0.2) is 41.3 Å². The number of anilines is 1. The van der Waals surface area contributed by atoms with Gasteiger partial charge in [-0.2, -0.15) is 0 Å². The molecule has 0 atom stereocenters. The van der Waals surface area contributed by atoms with Crippen molar-refractivity contribution in [2.75, 3.05) is 25.3 Å². The molecule has 25 heavy (non-hydrogen) atoms. The number of nitro benzene ring substituents is 1. The minimum absolute atomic E-state index is 0.0943. The highest BCUT2D eigenvalue weighted by atomic mass is 32.2.